The van der Waals surface area contributed by atoms with Gasteiger partial charge in [0.1, 0.15) is 18.1 Å². The minimum atomic E-state index is -0.291. The van der Waals surface area contributed by atoms with Crippen LogP contribution in [0.15, 0.2) is 90.0 Å². The number of hydrogen-bond acceptors (Lipinski definition) is 5. The fourth-order valence-corrected chi connectivity index (χ4v) is 6.82. The van der Waals surface area contributed by atoms with Gasteiger partial charge in [0.2, 0.25) is 0 Å². The third-order valence-corrected chi connectivity index (χ3v) is 8.97. The molecule has 0 spiro atoms. The molecule has 0 bridgehead atoms. The highest BCUT2D eigenvalue weighted by Gasteiger charge is 2.19. The van der Waals surface area contributed by atoms with E-state index in [1.54, 1.807) is 31.5 Å². The van der Waals surface area contributed by atoms with E-state index >= 15 is 0 Å². The van der Waals surface area contributed by atoms with E-state index in [9.17, 15) is 4.79 Å². The molecule has 1 aromatic heterocycles. The number of hydrogen-bond donors (Lipinski definition) is 0. The van der Waals surface area contributed by atoms with Crippen LogP contribution in [0.2, 0.25) is 5.02 Å². The summed E-state index contributed by atoms with van der Waals surface area (Å²) in [5.41, 5.74) is 4.55. The van der Waals surface area contributed by atoms with Gasteiger partial charge < -0.3 is 9.47 Å². The van der Waals surface area contributed by atoms with Crippen molar-refractivity contribution >= 4 is 76.5 Å². The predicted molar refractivity (Wildman–Crippen MR) is 185 cm³/mol. The van der Waals surface area contributed by atoms with E-state index in [-0.39, 0.29) is 11.5 Å². The normalized spacial score (nSPS) is 11.6. The molecule has 0 amide bonds. The largest absolute Gasteiger partial charge is 0.496 e. The molecule has 0 fully saturated rings. The van der Waals surface area contributed by atoms with E-state index in [1.807, 2.05) is 55.5 Å². The second-order valence-corrected chi connectivity index (χ2v) is 13.3. The number of fused-ring (bicyclic) bond motifs is 1. The number of ether oxygens (including phenoxy) is 2. The first kappa shape index (κ1) is 31.4. The van der Waals surface area contributed by atoms with Gasteiger partial charge >= 0.3 is 0 Å². The molecule has 0 aliphatic heterocycles. The fourth-order valence-electron chi connectivity index (χ4n) is 4.71. The maximum Gasteiger partial charge on any atom is 0.282 e. The summed E-state index contributed by atoms with van der Waals surface area (Å²) in [5, 5.41) is 5.65. The van der Waals surface area contributed by atoms with Gasteiger partial charge in [0.25, 0.3) is 5.56 Å². The quantitative estimate of drug-likeness (QED) is 0.147. The molecule has 43 heavy (non-hydrogen) atoms. The topological polar surface area (TPSA) is 65.7 Å². The smallest absolute Gasteiger partial charge is 0.282 e. The zero-order valence-corrected chi connectivity index (χ0v) is 29.3. The van der Waals surface area contributed by atoms with Gasteiger partial charge in [-0.05, 0) is 88.4 Å². The van der Waals surface area contributed by atoms with Crippen molar-refractivity contribution in [1.29, 1.82) is 0 Å². The summed E-state index contributed by atoms with van der Waals surface area (Å²) >= 11 is 17.1. The van der Waals surface area contributed by atoms with E-state index in [1.165, 1.54) is 4.68 Å². The third-order valence-electron chi connectivity index (χ3n) is 6.93. The monoisotopic (exact) mass is 785 g/mol. The Labute approximate surface area is 280 Å². The Bertz CT molecular complexity index is 1940. The van der Waals surface area contributed by atoms with Crippen LogP contribution < -0.4 is 15.0 Å². The second kappa shape index (κ2) is 13.3. The Morgan fingerprint density at radius 1 is 1.02 bits per heavy atom. The number of nitrogens with zero attached hydrogens (tertiary/aromatic N) is 3. The van der Waals surface area contributed by atoms with Crippen molar-refractivity contribution < 1.29 is 9.47 Å². The maximum atomic E-state index is 13.9. The van der Waals surface area contributed by atoms with E-state index < -0.39 is 0 Å². The molecule has 6 nitrogen and oxygen atoms in total. The van der Waals surface area contributed by atoms with E-state index in [4.69, 9.17) is 31.2 Å². The van der Waals surface area contributed by atoms with Crippen LogP contribution in [0.1, 0.15) is 42.0 Å². The van der Waals surface area contributed by atoms with Crippen LogP contribution in [0.5, 0.6) is 11.5 Å². The lowest BCUT2D eigenvalue weighted by molar-refractivity contribution is 0.303. The van der Waals surface area contributed by atoms with Crippen LogP contribution in [0.25, 0.3) is 22.3 Å². The van der Waals surface area contributed by atoms with E-state index in [2.05, 4.69) is 61.6 Å². The van der Waals surface area contributed by atoms with Crippen molar-refractivity contribution in [3.63, 3.8) is 0 Å². The van der Waals surface area contributed by atoms with Gasteiger partial charge in [-0.3, -0.25) is 4.79 Å². The van der Waals surface area contributed by atoms with Gasteiger partial charge in [-0.25, -0.2) is 4.98 Å². The van der Waals surface area contributed by atoms with Crippen molar-refractivity contribution in [3.05, 3.63) is 118 Å². The predicted octanol–water partition coefficient (Wildman–Crippen LogP) is 9.91. The van der Waals surface area contributed by atoms with Gasteiger partial charge in [-0.15, -0.1) is 0 Å². The van der Waals surface area contributed by atoms with Gasteiger partial charge in [-0.2, -0.15) is 9.78 Å². The summed E-state index contributed by atoms with van der Waals surface area (Å²) < 4.78 is 15.8. The molecule has 0 radical (unpaired) electrons. The first-order valence-electron chi connectivity index (χ1n) is 13.4. The van der Waals surface area contributed by atoms with Crippen molar-refractivity contribution in [2.24, 2.45) is 5.10 Å². The molecule has 0 aliphatic rings. The number of para-hydroxylation sites is 1. The molecule has 0 aliphatic carbocycles. The molecule has 0 unspecified atom stereocenters. The zero-order chi connectivity index (χ0) is 30.8. The van der Waals surface area contributed by atoms with Crippen LogP contribution in [-0.2, 0) is 6.61 Å². The summed E-state index contributed by atoms with van der Waals surface area (Å²) in [7, 11) is 1.66. The zero-order valence-electron chi connectivity index (χ0n) is 23.8. The molecular formula is C33H27Br3ClN3O3. The highest BCUT2D eigenvalue weighted by molar-refractivity contribution is 9.11. The molecule has 5 aromatic rings. The summed E-state index contributed by atoms with van der Waals surface area (Å²) in [6, 6.07) is 20.7. The van der Waals surface area contributed by atoms with Crippen molar-refractivity contribution in [2.45, 2.75) is 33.3 Å². The summed E-state index contributed by atoms with van der Waals surface area (Å²) in [5.74, 6) is 1.93. The molecule has 4 aromatic carbocycles. The lowest BCUT2D eigenvalue weighted by Gasteiger charge is -2.17. The lowest BCUT2D eigenvalue weighted by Crippen LogP contribution is -2.21. The number of aryl methyl sites for hydroxylation is 1. The molecule has 220 valence electrons. The average Bonchev–Trinajstić information content (AvgIpc) is 2.96. The second-order valence-electron chi connectivity index (χ2n) is 10.2. The molecule has 10 heteroatoms. The van der Waals surface area contributed by atoms with Crippen LogP contribution in [0.3, 0.4) is 0 Å². The highest BCUT2D eigenvalue weighted by Crippen LogP contribution is 2.35. The van der Waals surface area contributed by atoms with Crippen LogP contribution in [0.4, 0.5) is 0 Å². The Morgan fingerprint density at radius 2 is 1.79 bits per heavy atom. The third kappa shape index (κ3) is 6.75. The minimum Gasteiger partial charge on any atom is -0.496 e. The van der Waals surface area contributed by atoms with Crippen molar-refractivity contribution in [1.82, 2.24) is 9.66 Å². The molecule has 0 saturated carbocycles. The Kier molecular flexibility index (Phi) is 9.76. The molecule has 0 N–H and O–H groups in total. The van der Waals surface area contributed by atoms with Gasteiger partial charge in [0.15, 0.2) is 5.82 Å². The fraction of sp³-hybridized carbons (Fsp3) is 0.182. The first-order valence-corrected chi connectivity index (χ1v) is 16.1. The number of rotatable bonds is 8. The van der Waals surface area contributed by atoms with E-state index in [0.717, 1.165) is 36.9 Å². The first-order chi connectivity index (χ1) is 20.6. The Balaban J connectivity index is 1.65. The number of benzene rings is 4. The minimum absolute atomic E-state index is 0.188. The van der Waals surface area contributed by atoms with Crippen LogP contribution in [0, 0.1) is 6.92 Å². The lowest BCUT2D eigenvalue weighted by atomic mass is 9.96. The molecule has 1 heterocycles. The van der Waals surface area contributed by atoms with Gasteiger partial charge in [0, 0.05) is 30.7 Å². The molecule has 5 rings (SSSR count). The number of aromatic nitrogens is 2. The van der Waals surface area contributed by atoms with Crippen LogP contribution in [-0.4, -0.2) is 23.0 Å². The number of halogens is 4. The number of methoxy groups -OCH3 is 1. The van der Waals surface area contributed by atoms with Crippen molar-refractivity contribution in [2.75, 3.05) is 7.11 Å². The average molecular weight is 789 g/mol. The molecular weight excluding hydrogens is 762 g/mol. The van der Waals surface area contributed by atoms with Gasteiger partial charge in [-0.1, -0.05) is 75.5 Å². The van der Waals surface area contributed by atoms with E-state index in [0.29, 0.717) is 44.1 Å². The summed E-state index contributed by atoms with van der Waals surface area (Å²) in [6.45, 7) is 6.46. The Morgan fingerprint density at radius 3 is 2.51 bits per heavy atom. The maximum absolute atomic E-state index is 13.9. The summed E-state index contributed by atoms with van der Waals surface area (Å²) in [4.78, 5) is 18.8. The highest BCUT2D eigenvalue weighted by atomic mass is 79.9. The standard InChI is InChI=1S/C33H27Br3ClN3O3/c1-18(2)25-15-26(19(3)11-30(25)42-4)32-39-29-8-6-5-7-24(29)33(41)40(32)38-16-21-12-23(37)14-28(36)31(21)43-17-20-9-10-22(34)13-27(20)35/h5-16,18H,17H2,1-4H3. The Hall–Kier alpha value is -2.98. The molecule has 0 atom stereocenters. The van der Waals surface area contributed by atoms with Gasteiger partial charge in [0.05, 0.1) is 28.7 Å². The SMILES string of the molecule is COc1cc(C)c(-c2nc3ccccc3c(=O)n2N=Cc2cc(Cl)cc(Br)c2OCc2ccc(Br)cc2Br)cc1C(C)C. The molecule has 0 saturated heterocycles. The van der Waals surface area contributed by atoms with Crippen LogP contribution >= 0.6 is 59.4 Å². The van der Waals surface area contributed by atoms with Crippen molar-refractivity contribution in [3.8, 4) is 22.9 Å². The summed E-state index contributed by atoms with van der Waals surface area (Å²) in [6.07, 6.45) is 1.58.